The third-order valence-corrected chi connectivity index (χ3v) is 5.80. The van der Waals surface area contributed by atoms with Crippen LogP contribution in [0.1, 0.15) is 31.4 Å². The molecular formula is C21H25O6P. The first-order valence-electron chi connectivity index (χ1n) is 9.19. The van der Waals surface area contributed by atoms with Crippen LogP contribution >= 0.6 is 7.82 Å². The average Bonchev–Trinajstić information content (AvgIpc) is 2.97. The van der Waals surface area contributed by atoms with Crippen LogP contribution in [0.15, 0.2) is 60.7 Å². The van der Waals surface area contributed by atoms with Crippen LogP contribution in [0.3, 0.4) is 0 Å². The van der Waals surface area contributed by atoms with Crippen molar-refractivity contribution in [2.24, 2.45) is 5.41 Å². The molecule has 28 heavy (non-hydrogen) atoms. The van der Waals surface area contributed by atoms with E-state index in [0.717, 1.165) is 11.1 Å². The fraction of sp³-hybridized carbons (Fsp3) is 0.381. The van der Waals surface area contributed by atoms with Crippen LogP contribution in [-0.2, 0) is 40.9 Å². The summed E-state index contributed by atoms with van der Waals surface area (Å²) in [5.41, 5.74) is 1.12. The molecule has 3 rings (SSSR count). The summed E-state index contributed by atoms with van der Waals surface area (Å²) in [6, 6.07) is 18.7. The standard InChI is InChI=1S/C21H25O6P/c1-21(2)13-19(27-20(21)22)16-26-28(23,24-14-17-9-5-3-6-10-17)25-15-18-11-7-4-8-12-18/h3-12,19H,13-16H2,1-2H3. The van der Waals surface area contributed by atoms with Crippen molar-refractivity contribution >= 4 is 13.8 Å². The fourth-order valence-corrected chi connectivity index (χ4v) is 4.03. The van der Waals surface area contributed by atoms with E-state index in [0.29, 0.717) is 6.42 Å². The molecule has 0 spiro atoms. The van der Waals surface area contributed by atoms with Gasteiger partial charge in [0.15, 0.2) is 0 Å². The van der Waals surface area contributed by atoms with Crippen LogP contribution in [0.25, 0.3) is 0 Å². The average molecular weight is 404 g/mol. The minimum atomic E-state index is -3.86. The van der Waals surface area contributed by atoms with Gasteiger partial charge in [0.05, 0.1) is 25.2 Å². The van der Waals surface area contributed by atoms with Gasteiger partial charge in [-0.15, -0.1) is 0 Å². The number of rotatable bonds is 9. The number of hydrogen-bond acceptors (Lipinski definition) is 6. The smallest absolute Gasteiger partial charge is 0.459 e. The Kier molecular flexibility index (Phi) is 6.68. The topological polar surface area (TPSA) is 71.1 Å². The second-order valence-electron chi connectivity index (χ2n) is 7.38. The second-order valence-corrected chi connectivity index (χ2v) is 9.05. The van der Waals surface area contributed by atoms with E-state index in [1.54, 1.807) is 0 Å². The van der Waals surface area contributed by atoms with E-state index < -0.39 is 19.3 Å². The molecule has 1 saturated heterocycles. The maximum absolute atomic E-state index is 13.2. The highest BCUT2D eigenvalue weighted by Gasteiger charge is 2.42. The van der Waals surface area contributed by atoms with Gasteiger partial charge in [0.1, 0.15) is 6.10 Å². The van der Waals surface area contributed by atoms with Crippen molar-refractivity contribution < 1.29 is 27.7 Å². The minimum Gasteiger partial charge on any atom is -0.459 e. The summed E-state index contributed by atoms with van der Waals surface area (Å²) in [6.07, 6.45) is 0.0138. The van der Waals surface area contributed by atoms with Crippen LogP contribution < -0.4 is 0 Å². The molecule has 6 nitrogen and oxygen atoms in total. The number of esters is 1. The van der Waals surface area contributed by atoms with Crippen molar-refractivity contribution in [1.29, 1.82) is 0 Å². The zero-order chi connectivity index (χ0) is 20.0. The first-order chi connectivity index (χ1) is 13.4. The molecule has 0 amide bonds. The van der Waals surface area contributed by atoms with Gasteiger partial charge in [-0.25, -0.2) is 4.57 Å². The maximum Gasteiger partial charge on any atom is 0.475 e. The van der Waals surface area contributed by atoms with Crippen LogP contribution in [-0.4, -0.2) is 18.7 Å². The maximum atomic E-state index is 13.2. The zero-order valence-corrected chi connectivity index (χ0v) is 17.0. The van der Waals surface area contributed by atoms with E-state index in [1.165, 1.54) is 0 Å². The van der Waals surface area contributed by atoms with E-state index in [9.17, 15) is 9.36 Å². The van der Waals surface area contributed by atoms with Crippen molar-refractivity contribution in [3.8, 4) is 0 Å². The number of ether oxygens (including phenoxy) is 1. The van der Waals surface area contributed by atoms with E-state index in [-0.39, 0.29) is 25.8 Å². The van der Waals surface area contributed by atoms with Gasteiger partial charge in [0, 0.05) is 6.42 Å². The van der Waals surface area contributed by atoms with Crippen LogP contribution in [0, 0.1) is 5.41 Å². The lowest BCUT2D eigenvalue weighted by molar-refractivity contribution is -0.148. The van der Waals surface area contributed by atoms with Gasteiger partial charge < -0.3 is 4.74 Å². The predicted molar refractivity (Wildman–Crippen MR) is 104 cm³/mol. The van der Waals surface area contributed by atoms with E-state index in [2.05, 4.69) is 0 Å². The lowest BCUT2D eigenvalue weighted by Crippen LogP contribution is -2.17. The van der Waals surface area contributed by atoms with Crippen molar-refractivity contribution in [2.45, 2.75) is 39.6 Å². The van der Waals surface area contributed by atoms with Gasteiger partial charge >= 0.3 is 13.8 Å². The molecule has 1 atom stereocenters. The molecule has 0 saturated carbocycles. The van der Waals surface area contributed by atoms with Gasteiger partial charge in [-0.3, -0.25) is 18.4 Å². The molecule has 1 aliphatic rings. The van der Waals surface area contributed by atoms with Crippen molar-refractivity contribution in [3.05, 3.63) is 71.8 Å². The van der Waals surface area contributed by atoms with Gasteiger partial charge in [-0.05, 0) is 25.0 Å². The van der Waals surface area contributed by atoms with Crippen molar-refractivity contribution in [2.75, 3.05) is 6.61 Å². The number of hydrogen-bond donors (Lipinski definition) is 0. The summed E-state index contributed by atoms with van der Waals surface area (Å²) in [5, 5.41) is 0. The molecule has 0 radical (unpaired) electrons. The summed E-state index contributed by atoms with van der Waals surface area (Å²) in [6.45, 7) is 3.75. The largest absolute Gasteiger partial charge is 0.475 e. The highest BCUT2D eigenvalue weighted by atomic mass is 31.2. The summed E-state index contributed by atoms with van der Waals surface area (Å²) < 4.78 is 35.1. The van der Waals surface area contributed by atoms with Gasteiger partial charge in [-0.1, -0.05) is 60.7 Å². The molecule has 0 bridgehead atoms. The number of carbonyl (C=O) groups excluding carboxylic acids is 1. The van der Waals surface area contributed by atoms with Crippen LogP contribution in [0.4, 0.5) is 0 Å². The van der Waals surface area contributed by atoms with Crippen molar-refractivity contribution in [1.82, 2.24) is 0 Å². The Morgan fingerprint density at radius 1 is 0.929 bits per heavy atom. The predicted octanol–water partition coefficient (Wildman–Crippen LogP) is 4.89. The molecule has 2 aromatic rings. The zero-order valence-electron chi connectivity index (χ0n) is 16.1. The minimum absolute atomic E-state index is 0.0456. The molecule has 0 aromatic heterocycles. The monoisotopic (exact) mass is 404 g/mol. The van der Waals surface area contributed by atoms with Crippen LogP contribution in [0.2, 0.25) is 0 Å². The molecule has 0 N–H and O–H groups in total. The fourth-order valence-electron chi connectivity index (χ4n) is 2.84. The molecule has 1 unspecified atom stereocenters. The quantitative estimate of drug-likeness (QED) is 0.438. The molecule has 2 aromatic carbocycles. The van der Waals surface area contributed by atoms with E-state index >= 15 is 0 Å². The summed E-state index contributed by atoms with van der Waals surface area (Å²) in [4.78, 5) is 11.8. The summed E-state index contributed by atoms with van der Waals surface area (Å²) >= 11 is 0. The van der Waals surface area contributed by atoms with E-state index in [4.69, 9.17) is 18.3 Å². The van der Waals surface area contributed by atoms with Crippen LogP contribution in [0.5, 0.6) is 0 Å². The Balaban J connectivity index is 1.63. The van der Waals surface area contributed by atoms with Gasteiger partial charge in [0.2, 0.25) is 0 Å². The number of benzene rings is 2. The van der Waals surface area contributed by atoms with Gasteiger partial charge in [-0.2, -0.15) is 0 Å². The Morgan fingerprint density at radius 2 is 1.43 bits per heavy atom. The molecule has 1 heterocycles. The number of phosphoric ester groups is 1. The third-order valence-electron chi connectivity index (χ3n) is 4.45. The molecule has 1 fully saturated rings. The Labute approximate surface area is 165 Å². The lowest BCUT2D eigenvalue weighted by atomic mass is 9.90. The molecule has 1 aliphatic heterocycles. The number of phosphoric acid groups is 1. The summed E-state index contributed by atoms with van der Waals surface area (Å²) in [5.74, 6) is -0.286. The Bertz CT molecular complexity index is 774. The lowest BCUT2D eigenvalue weighted by Gasteiger charge is -2.20. The summed E-state index contributed by atoms with van der Waals surface area (Å²) in [7, 11) is -3.86. The normalized spacial score (nSPS) is 18.8. The number of carbonyl (C=O) groups is 1. The third kappa shape index (κ3) is 5.76. The highest BCUT2D eigenvalue weighted by Crippen LogP contribution is 2.51. The Morgan fingerprint density at radius 3 is 1.86 bits per heavy atom. The molecule has 150 valence electrons. The number of cyclic esters (lactones) is 1. The van der Waals surface area contributed by atoms with E-state index in [1.807, 2.05) is 74.5 Å². The highest BCUT2D eigenvalue weighted by molar-refractivity contribution is 7.48. The SMILES string of the molecule is CC1(C)CC(COP(=O)(OCc2ccccc2)OCc2ccccc2)OC1=O. The Hall–Kier alpha value is -1.98. The first kappa shape index (κ1) is 20.7. The molecular weight excluding hydrogens is 379 g/mol. The van der Waals surface area contributed by atoms with Crippen molar-refractivity contribution in [3.63, 3.8) is 0 Å². The molecule has 0 aliphatic carbocycles. The second kappa shape index (κ2) is 9.01. The molecule has 7 heteroatoms. The van der Waals surface area contributed by atoms with Gasteiger partial charge in [0.25, 0.3) is 0 Å². The first-order valence-corrected chi connectivity index (χ1v) is 10.6.